The maximum atomic E-state index is 12.2. The zero-order valence-electron chi connectivity index (χ0n) is 29.5. The molecule has 0 heterocycles. The van der Waals surface area contributed by atoms with Gasteiger partial charge in [0.2, 0.25) is 0 Å². The topological polar surface area (TPSA) is 97.7 Å². The van der Waals surface area contributed by atoms with Crippen LogP contribution in [-0.2, 0) is 24.3 Å². The lowest BCUT2D eigenvalue weighted by atomic mass is 10.2. The summed E-state index contributed by atoms with van der Waals surface area (Å²) in [6.07, 6.45) is 0. The highest BCUT2D eigenvalue weighted by molar-refractivity contribution is 7.91. The standard InChI is InChI=1S/C14H10O5S.2C13H22N/c15-13(16)9-1-5-11(6-2-9)20(19)12-7-3-10(4-8-12)14(17)18;2*1-4-14(5-2,6-3)12-13-10-8-7-9-11-13/h1-8H,(H,15,16)(H,17,18);2*7-11H,4-6,12H2,1-3H3/q;2*+1. The third-order valence-corrected chi connectivity index (χ3v) is 10.8. The number of carboxylic acids is 2. The second-order valence-corrected chi connectivity index (χ2v) is 13.3. The molecule has 0 aliphatic carbocycles. The summed E-state index contributed by atoms with van der Waals surface area (Å²) in [7, 11) is 0. The van der Waals surface area contributed by atoms with Crippen LogP contribution in [0.25, 0.3) is 0 Å². The molecular formula is C40H54N2O5S+2. The lowest BCUT2D eigenvalue weighted by Crippen LogP contribution is -2.46. The van der Waals surface area contributed by atoms with Crippen molar-refractivity contribution >= 4 is 23.1 Å². The predicted molar refractivity (Wildman–Crippen MR) is 196 cm³/mol. The monoisotopic (exact) mass is 674 g/mol. The summed E-state index contributed by atoms with van der Waals surface area (Å²) in [6, 6.07) is 33.0. The fourth-order valence-corrected chi connectivity index (χ4v) is 6.57. The van der Waals surface area contributed by atoms with Crippen molar-refractivity contribution in [3.8, 4) is 0 Å². The summed E-state index contributed by atoms with van der Waals surface area (Å²) in [6.45, 7) is 23.4. The number of quaternary nitrogens is 2. The highest BCUT2D eigenvalue weighted by Crippen LogP contribution is 2.22. The van der Waals surface area contributed by atoms with Crippen molar-refractivity contribution in [2.45, 2.75) is 64.4 Å². The minimum absolute atomic E-state index is 0.118. The second kappa shape index (κ2) is 20.4. The molecule has 8 heteroatoms. The van der Waals surface area contributed by atoms with E-state index in [4.69, 9.17) is 10.2 Å². The maximum Gasteiger partial charge on any atom is 0.335 e. The van der Waals surface area contributed by atoms with Crippen LogP contribution in [0.2, 0.25) is 0 Å². The van der Waals surface area contributed by atoms with Crippen molar-refractivity contribution in [3.63, 3.8) is 0 Å². The molecule has 48 heavy (non-hydrogen) atoms. The van der Waals surface area contributed by atoms with E-state index in [1.807, 2.05) is 0 Å². The third-order valence-electron chi connectivity index (χ3n) is 9.38. The number of benzene rings is 4. The van der Waals surface area contributed by atoms with Gasteiger partial charge in [-0.05, 0) is 90.1 Å². The van der Waals surface area contributed by atoms with Crippen LogP contribution in [0, 0.1) is 0 Å². The van der Waals surface area contributed by atoms with Gasteiger partial charge in [-0.25, -0.2) is 9.59 Å². The first-order valence-corrected chi connectivity index (χ1v) is 18.0. The zero-order chi connectivity index (χ0) is 35.6. The highest BCUT2D eigenvalue weighted by Gasteiger charge is 2.21. The van der Waals surface area contributed by atoms with E-state index in [1.165, 1.54) is 121 Å². The van der Waals surface area contributed by atoms with Crippen molar-refractivity contribution in [1.29, 1.82) is 0 Å². The summed E-state index contributed by atoms with van der Waals surface area (Å²) in [5.41, 5.74) is 3.15. The SMILES string of the molecule is CC[N+](CC)(CC)Cc1ccccc1.CC[N+](CC)(CC)Cc1ccccc1.O=C(O)c1ccc([S+]([O-])c2ccc(C(=O)O)cc2)cc1. The molecular weight excluding hydrogens is 621 g/mol. The van der Waals surface area contributed by atoms with Gasteiger partial charge in [-0.2, -0.15) is 0 Å². The minimum atomic E-state index is -1.48. The van der Waals surface area contributed by atoms with Crippen LogP contribution >= 0.6 is 0 Å². The van der Waals surface area contributed by atoms with Crippen LogP contribution < -0.4 is 0 Å². The smallest absolute Gasteiger partial charge is 0.335 e. The zero-order valence-corrected chi connectivity index (χ0v) is 30.3. The molecule has 0 spiro atoms. The third kappa shape index (κ3) is 12.3. The summed E-state index contributed by atoms with van der Waals surface area (Å²) >= 11 is -1.48. The Morgan fingerprint density at radius 3 is 1.00 bits per heavy atom. The first-order chi connectivity index (χ1) is 23.0. The molecule has 7 nitrogen and oxygen atoms in total. The van der Waals surface area contributed by atoms with E-state index in [1.54, 1.807) is 0 Å². The Labute approximate surface area is 290 Å². The van der Waals surface area contributed by atoms with E-state index < -0.39 is 23.1 Å². The number of hydrogen-bond acceptors (Lipinski definition) is 3. The Morgan fingerprint density at radius 1 is 0.500 bits per heavy atom. The lowest BCUT2D eigenvalue weighted by Gasteiger charge is -2.35. The second-order valence-electron chi connectivity index (χ2n) is 11.8. The highest BCUT2D eigenvalue weighted by atomic mass is 32.2. The molecule has 2 N–H and O–H groups in total. The maximum absolute atomic E-state index is 12.2. The normalized spacial score (nSPS) is 11.2. The van der Waals surface area contributed by atoms with E-state index in [2.05, 4.69) is 102 Å². The van der Waals surface area contributed by atoms with E-state index in [0.29, 0.717) is 9.79 Å². The molecule has 0 unspecified atom stereocenters. The van der Waals surface area contributed by atoms with E-state index in [9.17, 15) is 14.1 Å². The van der Waals surface area contributed by atoms with Gasteiger partial charge in [0.05, 0.1) is 50.4 Å². The van der Waals surface area contributed by atoms with Gasteiger partial charge in [0, 0.05) is 22.3 Å². The first-order valence-electron chi connectivity index (χ1n) is 16.9. The molecule has 0 aromatic heterocycles. The van der Waals surface area contributed by atoms with Crippen molar-refractivity contribution in [2.24, 2.45) is 0 Å². The number of carboxylic acid groups (broad SMARTS) is 2. The molecule has 0 atom stereocenters. The predicted octanol–water partition coefficient (Wildman–Crippen LogP) is 8.38. The average molecular weight is 675 g/mol. The summed E-state index contributed by atoms with van der Waals surface area (Å²) in [4.78, 5) is 22.4. The summed E-state index contributed by atoms with van der Waals surface area (Å²) in [5, 5.41) is 17.6. The van der Waals surface area contributed by atoms with Gasteiger partial charge in [0.25, 0.3) is 0 Å². The van der Waals surface area contributed by atoms with E-state index in [-0.39, 0.29) is 11.1 Å². The Bertz CT molecular complexity index is 1360. The Hall–Kier alpha value is -3.95. The molecule has 0 bridgehead atoms. The van der Waals surface area contributed by atoms with Crippen molar-refractivity contribution in [2.75, 3.05) is 39.3 Å². The van der Waals surface area contributed by atoms with Gasteiger partial charge >= 0.3 is 11.9 Å². The van der Waals surface area contributed by atoms with Gasteiger partial charge in [-0.15, -0.1) is 0 Å². The van der Waals surface area contributed by atoms with Crippen LogP contribution in [0.1, 0.15) is 73.4 Å². The fourth-order valence-electron chi connectivity index (χ4n) is 5.53. The van der Waals surface area contributed by atoms with Crippen LogP contribution in [-0.4, -0.2) is 74.9 Å². The number of rotatable bonds is 14. The Balaban J connectivity index is 0.000000257. The molecule has 0 aliphatic rings. The van der Waals surface area contributed by atoms with E-state index in [0.717, 1.165) is 0 Å². The summed E-state index contributed by atoms with van der Waals surface area (Å²) < 4.78 is 14.6. The van der Waals surface area contributed by atoms with Gasteiger partial charge in [-0.1, -0.05) is 60.7 Å². The molecule has 0 saturated carbocycles. The quantitative estimate of drug-likeness (QED) is 0.103. The molecule has 0 amide bonds. The molecule has 4 aromatic rings. The molecule has 4 rings (SSSR count). The average Bonchev–Trinajstić information content (AvgIpc) is 3.14. The fraction of sp³-hybridized carbons (Fsp3) is 0.350. The molecule has 0 aliphatic heterocycles. The van der Waals surface area contributed by atoms with Gasteiger partial charge in [-0.3, -0.25) is 0 Å². The number of carbonyl (C=O) groups is 2. The van der Waals surface area contributed by atoms with Gasteiger partial charge in [0.15, 0.2) is 9.79 Å². The summed E-state index contributed by atoms with van der Waals surface area (Å²) in [5.74, 6) is -2.10. The van der Waals surface area contributed by atoms with Crippen molar-refractivity contribution in [1.82, 2.24) is 0 Å². The van der Waals surface area contributed by atoms with Crippen LogP contribution in [0.3, 0.4) is 0 Å². The Kier molecular flexibility index (Phi) is 17.1. The first kappa shape index (κ1) is 40.2. The van der Waals surface area contributed by atoms with Crippen molar-refractivity contribution in [3.05, 3.63) is 131 Å². The van der Waals surface area contributed by atoms with Crippen LogP contribution in [0.15, 0.2) is 119 Å². The van der Waals surface area contributed by atoms with Crippen LogP contribution in [0.4, 0.5) is 0 Å². The van der Waals surface area contributed by atoms with E-state index >= 15 is 0 Å². The molecule has 4 aromatic carbocycles. The number of hydrogen-bond donors (Lipinski definition) is 2. The number of aromatic carboxylic acids is 2. The van der Waals surface area contributed by atoms with Gasteiger partial charge in [0.1, 0.15) is 13.1 Å². The molecule has 258 valence electrons. The van der Waals surface area contributed by atoms with Crippen molar-refractivity contribution < 1.29 is 33.3 Å². The number of nitrogens with zero attached hydrogens (tertiary/aromatic N) is 2. The van der Waals surface area contributed by atoms with Crippen LogP contribution in [0.5, 0.6) is 0 Å². The Morgan fingerprint density at radius 2 is 0.771 bits per heavy atom. The molecule has 0 saturated heterocycles. The largest absolute Gasteiger partial charge is 0.606 e. The molecule has 0 radical (unpaired) electrons. The van der Waals surface area contributed by atoms with Gasteiger partial charge < -0.3 is 23.7 Å². The molecule has 0 fully saturated rings. The lowest BCUT2D eigenvalue weighted by molar-refractivity contribution is -0.936. The minimum Gasteiger partial charge on any atom is -0.606 e.